The molecule has 0 spiro atoms. The lowest BCUT2D eigenvalue weighted by Gasteiger charge is -2.46. The fourth-order valence-corrected chi connectivity index (χ4v) is 6.62. The number of carbonyl (C=O) groups excluding carboxylic acids is 2. The lowest BCUT2D eigenvalue weighted by Crippen LogP contribution is -2.73. The van der Waals surface area contributed by atoms with E-state index in [1.165, 1.54) is 0 Å². The van der Waals surface area contributed by atoms with E-state index < -0.39 is 22.6 Å². The van der Waals surface area contributed by atoms with E-state index in [2.05, 4.69) is 24.6 Å². The molecule has 0 aliphatic carbocycles. The van der Waals surface area contributed by atoms with Gasteiger partial charge < -0.3 is 14.3 Å². The molecular weight excluding hydrogens is 332 g/mol. The predicted molar refractivity (Wildman–Crippen MR) is 95.8 cm³/mol. The summed E-state index contributed by atoms with van der Waals surface area (Å²) >= 11 is 1.71. The number of fused-ring (bicyclic) bond motifs is 1. The first-order chi connectivity index (χ1) is 9.73. The van der Waals surface area contributed by atoms with Gasteiger partial charge in [0.05, 0.1) is 0 Å². The summed E-state index contributed by atoms with van der Waals surface area (Å²) in [6.07, 6.45) is 0. The number of thioether (sulfide) groups is 1. The molecule has 2 aliphatic rings. The Bertz CT molecular complexity index is 499. The van der Waals surface area contributed by atoms with Crippen LogP contribution >= 0.6 is 11.8 Å². The number of nitrogens with zero attached hydrogens (tertiary/aromatic N) is 1. The predicted octanol–water partition coefficient (Wildman–Crippen LogP) is 2.22. The van der Waals surface area contributed by atoms with Crippen molar-refractivity contribution in [3.05, 3.63) is 0 Å². The highest BCUT2D eigenvalue weighted by molar-refractivity contribution is 8.01. The highest BCUT2D eigenvalue weighted by Crippen LogP contribution is 2.51. The van der Waals surface area contributed by atoms with Crippen molar-refractivity contribution < 1.29 is 14.0 Å². The normalized spacial score (nSPS) is 30.8. The number of nitrogens with one attached hydrogen (secondary N) is 1. The number of β-lactam (4-membered cyclic amide) rings is 1. The van der Waals surface area contributed by atoms with E-state index in [0.29, 0.717) is 0 Å². The van der Waals surface area contributed by atoms with Crippen LogP contribution in [-0.2, 0) is 14.0 Å². The van der Waals surface area contributed by atoms with Gasteiger partial charge in [0, 0.05) is 4.75 Å². The van der Waals surface area contributed by atoms with Crippen LogP contribution in [0.15, 0.2) is 0 Å². The van der Waals surface area contributed by atoms with Gasteiger partial charge in [0.25, 0.3) is 0 Å². The monoisotopic (exact) mass is 360 g/mol. The Labute approximate surface area is 139 Å². The van der Waals surface area contributed by atoms with E-state index >= 15 is 0 Å². The molecule has 5 nitrogen and oxygen atoms in total. The van der Waals surface area contributed by atoms with Crippen LogP contribution in [0, 0.1) is 0 Å². The van der Waals surface area contributed by atoms with E-state index in [0.717, 1.165) is 0 Å². The highest BCUT2D eigenvalue weighted by Gasteiger charge is 2.64. The molecule has 0 bridgehead atoms. The van der Waals surface area contributed by atoms with E-state index in [-0.39, 0.29) is 28.0 Å². The fourth-order valence-electron chi connectivity index (χ4n) is 2.95. The average Bonchev–Trinajstić information content (AvgIpc) is 2.52. The molecule has 3 atom stereocenters. The second-order valence-corrected chi connectivity index (χ2v) is 19.7. The second-order valence-electron chi connectivity index (χ2n) is 8.67. The third-order valence-corrected chi connectivity index (χ3v) is 7.22. The molecule has 1 amide bonds. The van der Waals surface area contributed by atoms with Gasteiger partial charge in [0.2, 0.25) is 14.2 Å². The molecule has 0 saturated carbocycles. The van der Waals surface area contributed by atoms with Crippen LogP contribution in [0.25, 0.3) is 0 Å². The Balaban J connectivity index is 2.18. The van der Waals surface area contributed by atoms with Crippen molar-refractivity contribution >= 4 is 40.2 Å². The molecule has 0 aromatic carbocycles. The topological polar surface area (TPSA) is 58.6 Å². The Kier molecular flexibility index (Phi) is 4.39. The van der Waals surface area contributed by atoms with Gasteiger partial charge in [-0.3, -0.25) is 9.59 Å². The molecule has 0 aromatic rings. The Morgan fingerprint density at radius 3 is 2.23 bits per heavy atom. The summed E-state index contributed by atoms with van der Waals surface area (Å²) in [6, 6.07) is -0.623. The molecule has 0 radical (unpaired) electrons. The first kappa shape index (κ1) is 18.0. The van der Waals surface area contributed by atoms with E-state index in [4.69, 9.17) is 4.43 Å². The molecule has 2 aliphatic heterocycles. The molecule has 22 heavy (non-hydrogen) atoms. The zero-order chi connectivity index (χ0) is 17.1. The maximum atomic E-state index is 12.6. The standard InChI is InChI=1S/C14H28N2O3SSi2/c1-14(2)10(13(18)19-22(6,7)8)16-11(17)9(12(16)20-14)15-21(3,4)5/h9-10,12,15H,1-8H3. The van der Waals surface area contributed by atoms with Crippen LogP contribution in [0.2, 0.25) is 39.3 Å². The molecule has 2 rings (SSSR count). The first-order valence-electron chi connectivity index (χ1n) is 7.73. The van der Waals surface area contributed by atoms with Crippen molar-refractivity contribution in [2.24, 2.45) is 0 Å². The minimum Gasteiger partial charge on any atom is -0.518 e. The Morgan fingerprint density at radius 2 is 1.77 bits per heavy atom. The molecular formula is C14H28N2O3SSi2. The molecule has 2 saturated heterocycles. The summed E-state index contributed by atoms with van der Waals surface area (Å²) in [5.41, 5.74) is 0. The Hall–Kier alpha value is -0.316. The molecule has 2 heterocycles. The number of amides is 1. The van der Waals surface area contributed by atoms with Crippen molar-refractivity contribution in [3.63, 3.8) is 0 Å². The van der Waals surface area contributed by atoms with Gasteiger partial charge in [0.15, 0.2) is 0 Å². The lowest BCUT2D eigenvalue weighted by atomic mass is 9.96. The molecule has 8 heteroatoms. The van der Waals surface area contributed by atoms with Gasteiger partial charge in [-0.1, -0.05) is 19.6 Å². The molecule has 126 valence electrons. The number of carbonyl (C=O) groups is 2. The van der Waals surface area contributed by atoms with E-state index in [1.807, 2.05) is 33.5 Å². The number of rotatable bonds is 4. The largest absolute Gasteiger partial charge is 0.518 e. The van der Waals surface area contributed by atoms with Gasteiger partial charge in [-0.05, 0) is 33.5 Å². The SMILES string of the molecule is CC1(C)SC2C(N[Si](C)(C)C)C(=O)N2C1C(=O)O[Si](C)(C)C. The van der Waals surface area contributed by atoms with Gasteiger partial charge in [0.1, 0.15) is 25.7 Å². The van der Waals surface area contributed by atoms with Crippen molar-refractivity contribution in [3.8, 4) is 0 Å². The van der Waals surface area contributed by atoms with Gasteiger partial charge in [-0.2, -0.15) is 0 Å². The van der Waals surface area contributed by atoms with Crippen molar-refractivity contribution in [1.82, 2.24) is 9.88 Å². The minimum absolute atomic E-state index is 0.0445. The third-order valence-electron chi connectivity index (χ3n) is 3.66. The number of hydrogen-bond donors (Lipinski definition) is 1. The van der Waals surface area contributed by atoms with Gasteiger partial charge in [-0.15, -0.1) is 11.8 Å². The average molecular weight is 361 g/mol. The maximum absolute atomic E-state index is 12.6. The van der Waals surface area contributed by atoms with E-state index in [1.54, 1.807) is 16.7 Å². The summed E-state index contributed by atoms with van der Waals surface area (Å²) in [5, 5.41) is 0.0495. The zero-order valence-electron chi connectivity index (χ0n) is 14.8. The second kappa shape index (κ2) is 5.36. The maximum Gasteiger partial charge on any atom is 0.317 e. The summed E-state index contributed by atoms with van der Waals surface area (Å²) in [7, 11) is -3.51. The van der Waals surface area contributed by atoms with Crippen LogP contribution in [0.5, 0.6) is 0 Å². The molecule has 3 unspecified atom stereocenters. The summed E-state index contributed by atoms with van der Waals surface area (Å²) in [5.74, 6) is -0.193. The summed E-state index contributed by atoms with van der Waals surface area (Å²) in [4.78, 5) is 30.4. The van der Waals surface area contributed by atoms with Crippen molar-refractivity contribution in [2.45, 2.75) is 75.3 Å². The quantitative estimate of drug-likeness (QED) is 0.615. The highest BCUT2D eigenvalue weighted by atomic mass is 32.2. The van der Waals surface area contributed by atoms with Crippen LogP contribution < -0.4 is 4.98 Å². The Morgan fingerprint density at radius 1 is 1.23 bits per heavy atom. The zero-order valence-corrected chi connectivity index (χ0v) is 17.6. The van der Waals surface area contributed by atoms with Crippen molar-refractivity contribution in [1.29, 1.82) is 0 Å². The first-order valence-corrected chi connectivity index (χ1v) is 15.5. The minimum atomic E-state index is -1.96. The van der Waals surface area contributed by atoms with Crippen LogP contribution in [-0.4, -0.2) is 55.5 Å². The van der Waals surface area contributed by atoms with E-state index in [9.17, 15) is 9.59 Å². The summed E-state index contributed by atoms with van der Waals surface area (Å²) in [6.45, 7) is 16.6. The summed E-state index contributed by atoms with van der Waals surface area (Å²) < 4.78 is 5.36. The van der Waals surface area contributed by atoms with Gasteiger partial charge >= 0.3 is 5.97 Å². The number of hydrogen-bond acceptors (Lipinski definition) is 5. The van der Waals surface area contributed by atoms with Crippen LogP contribution in [0.4, 0.5) is 0 Å². The van der Waals surface area contributed by atoms with Crippen LogP contribution in [0.3, 0.4) is 0 Å². The molecule has 0 aromatic heterocycles. The fraction of sp³-hybridized carbons (Fsp3) is 0.857. The molecule has 1 N–H and O–H groups in total. The van der Waals surface area contributed by atoms with Crippen LogP contribution in [0.1, 0.15) is 13.8 Å². The smallest absolute Gasteiger partial charge is 0.317 e. The lowest BCUT2D eigenvalue weighted by molar-refractivity contribution is -0.158. The molecule has 2 fully saturated rings. The van der Waals surface area contributed by atoms with Crippen molar-refractivity contribution in [2.75, 3.05) is 0 Å². The van der Waals surface area contributed by atoms with Gasteiger partial charge in [-0.25, -0.2) is 0 Å². The third kappa shape index (κ3) is 3.44.